The lowest BCUT2D eigenvalue weighted by Gasteiger charge is -2.35. The zero-order valence-corrected chi connectivity index (χ0v) is 17.0. The van der Waals surface area contributed by atoms with Crippen molar-refractivity contribution in [3.8, 4) is 0 Å². The summed E-state index contributed by atoms with van der Waals surface area (Å²) >= 11 is 6.42. The van der Waals surface area contributed by atoms with E-state index in [1.165, 1.54) is 0 Å². The molecule has 2 aromatic rings. The van der Waals surface area contributed by atoms with Crippen LogP contribution in [-0.2, 0) is 11.3 Å². The Kier molecular flexibility index (Phi) is 5.63. The van der Waals surface area contributed by atoms with Crippen LogP contribution in [0.1, 0.15) is 49.4 Å². The summed E-state index contributed by atoms with van der Waals surface area (Å²) < 4.78 is 7.48. The van der Waals surface area contributed by atoms with Gasteiger partial charge in [0.2, 0.25) is 0 Å². The topological polar surface area (TPSA) is 76.4 Å². The number of hydrogen-bond donors (Lipinski definition) is 2. The molecule has 2 N–H and O–H groups in total. The third-order valence-corrected chi connectivity index (χ3v) is 6.39. The van der Waals surface area contributed by atoms with Gasteiger partial charge in [-0.05, 0) is 31.2 Å². The van der Waals surface area contributed by atoms with E-state index in [4.69, 9.17) is 16.3 Å². The minimum atomic E-state index is -0.824. The average molecular weight is 406 g/mol. The Morgan fingerprint density at radius 1 is 1.50 bits per heavy atom. The van der Waals surface area contributed by atoms with Crippen molar-refractivity contribution in [1.29, 1.82) is 0 Å². The normalized spacial score (nSPS) is 28.0. The summed E-state index contributed by atoms with van der Waals surface area (Å²) in [5.74, 6) is 0.676. The Labute approximate surface area is 170 Å². The molecule has 1 aliphatic heterocycles. The van der Waals surface area contributed by atoms with Crippen LogP contribution in [-0.4, -0.2) is 45.9 Å². The third kappa shape index (κ3) is 4.04. The number of rotatable bonds is 5. The number of aliphatic hydroxyl groups is 1. The molecule has 1 saturated carbocycles. The molecule has 1 amide bonds. The minimum Gasteiger partial charge on any atom is -0.388 e. The summed E-state index contributed by atoms with van der Waals surface area (Å²) in [5, 5.41) is 15.0. The lowest BCUT2D eigenvalue weighted by atomic mass is 9.79. The first-order valence-corrected chi connectivity index (χ1v) is 10.5. The Balaban J connectivity index is 1.56. The molecule has 7 heteroatoms. The summed E-state index contributed by atoms with van der Waals surface area (Å²) in [5.41, 5.74) is 0.406. The number of amides is 1. The van der Waals surface area contributed by atoms with Gasteiger partial charge in [0.25, 0.3) is 5.91 Å². The first kappa shape index (κ1) is 19.7. The molecule has 0 bridgehead atoms. The number of nitrogens with one attached hydrogen (secondary N) is 1. The quantitative estimate of drug-likeness (QED) is 0.799. The number of hydrogen-bond acceptors (Lipinski definition) is 4. The molecule has 1 unspecified atom stereocenters. The van der Waals surface area contributed by atoms with Crippen LogP contribution in [0.2, 0.25) is 5.02 Å². The molecule has 152 valence electrons. The predicted molar refractivity (Wildman–Crippen MR) is 109 cm³/mol. The molecule has 28 heavy (non-hydrogen) atoms. The first-order valence-electron chi connectivity index (χ1n) is 10.2. The number of nitrogens with zero attached hydrogens (tertiary/aromatic N) is 2. The van der Waals surface area contributed by atoms with Gasteiger partial charge in [-0.25, -0.2) is 4.98 Å². The van der Waals surface area contributed by atoms with E-state index < -0.39 is 5.60 Å². The first-order chi connectivity index (χ1) is 13.5. The van der Waals surface area contributed by atoms with Crippen molar-refractivity contribution < 1.29 is 14.6 Å². The lowest BCUT2D eigenvalue weighted by molar-refractivity contribution is -0.0109. The van der Waals surface area contributed by atoms with Crippen molar-refractivity contribution >= 4 is 28.5 Å². The molecule has 4 rings (SSSR count). The summed E-state index contributed by atoms with van der Waals surface area (Å²) in [6.07, 6.45) is 8.09. The molecule has 1 aliphatic carbocycles. The number of carbonyl (C=O) groups excluding carboxylic acids is 1. The monoisotopic (exact) mass is 405 g/mol. The number of fused-ring (bicyclic) bond motifs is 1. The second kappa shape index (κ2) is 8.01. The SMILES string of the molecule is C[C@@H]1CCC[C@](O)(CNC(=O)c2cn(CC3CCOC3)c3nccc(Cl)c23)C1. The third-order valence-electron chi connectivity index (χ3n) is 6.08. The highest BCUT2D eigenvalue weighted by molar-refractivity contribution is 6.36. The van der Waals surface area contributed by atoms with Crippen molar-refractivity contribution in [3.05, 3.63) is 29.0 Å². The van der Waals surface area contributed by atoms with Crippen LogP contribution < -0.4 is 5.32 Å². The molecule has 3 atom stereocenters. The van der Waals surface area contributed by atoms with Crippen LogP contribution in [0.15, 0.2) is 18.5 Å². The summed E-state index contributed by atoms with van der Waals surface area (Å²) in [6, 6.07) is 1.71. The molecule has 1 saturated heterocycles. The number of pyridine rings is 1. The van der Waals surface area contributed by atoms with Crippen LogP contribution in [0.5, 0.6) is 0 Å². The fourth-order valence-corrected chi connectivity index (χ4v) is 4.87. The smallest absolute Gasteiger partial charge is 0.253 e. The van der Waals surface area contributed by atoms with Crippen molar-refractivity contribution in [3.63, 3.8) is 0 Å². The Morgan fingerprint density at radius 2 is 2.36 bits per heavy atom. The predicted octanol–water partition coefficient (Wildman–Crippen LogP) is 3.40. The molecule has 0 spiro atoms. The Hall–Kier alpha value is -1.63. The van der Waals surface area contributed by atoms with Crippen LogP contribution in [0.3, 0.4) is 0 Å². The van der Waals surface area contributed by atoms with E-state index in [2.05, 4.69) is 17.2 Å². The summed E-state index contributed by atoms with van der Waals surface area (Å²) in [7, 11) is 0. The van der Waals surface area contributed by atoms with E-state index >= 15 is 0 Å². The van der Waals surface area contributed by atoms with E-state index in [0.717, 1.165) is 57.5 Å². The fourth-order valence-electron chi connectivity index (χ4n) is 4.63. The van der Waals surface area contributed by atoms with Crippen molar-refractivity contribution in [2.45, 2.75) is 51.2 Å². The number of halogens is 1. The highest BCUT2D eigenvalue weighted by atomic mass is 35.5. The van der Waals surface area contributed by atoms with Gasteiger partial charge in [0.05, 0.1) is 28.2 Å². The molecule has 2 fully saturated rings. The van der Waals surface area contributed by atoms with Gasteiger partial charge in [-0.1, -0.05) is 31.4 Å². The molecule has 0 radical (unpaired) electrons. The minimum absolute atomic E-state index is 0.215. The molecule has 6 nitrogen and oxygen atoms in total. The second-order valence-electron chi connectivity index (χ2n) is 8.52. The molecule has 0 aromatic carbocycles. The van der Waals surface area contributed by atoms with E-state index in [-0.39, 0.29) is 12.5 Å². The zero-order valence-electron chi connectivity index (χ0n) is 16.3. The highest BCUT2D eigenvalue weighted by Gasteiger charge is 2.33. The molecular formula is C21H28ClN3O3. The van der Waals surface area contributed by atoms with Crippen LogP contribution in [0.25, 0.3) is 11.0 Å². The number of carbonyl (C=O) groups is 1. The molecule has 3 heterocycles. The number of ether oxygens (including phenoxy) is 1. The second-order valence-corrected chi connectivity index (χ2v) is 8.93. The van der Waals surface area contributed by atoms with Crippen molar-refractivity contribution in [2.75, 3.05) is 19.8 Å². The van der Waals surface area contributed by atoms with E-state index in [0.29, 0.717) is 27.8 Å². The van der Waals surface area contributed by atoms with E-state index in [9.17, 15) is 9.90 Å². The highest BCUT2D eigenvalue weighted by Crippen LogP contribution is 2.32. The van der Waals surface area contributed by atoms with Gasteiger partial charge in [0.1, 0.15) is 5.65 Å². The Morgan fingerprint density at radius 3 is 3.11 bits per heavy atom. The fraction of sp³-hybridized carbons (Fsp3) is 0.619. The standard InChI is InChI=1S/C21H28ClN3O3/c1-14-3-2-6-21(27,9-14)13-24-20(26)16-11-25(10-15-5-8-28-12-15)19-18(16)17(22)4-7-23-19/h4,7,11,14-15,27H,2-3,5-6,8-10,12-13H2,1H3,(H,24,26)/t14-,15?,21-/m1/s1. The van der Waals surface area contributed by atoms with E-state index in [1.807, 2.05) is 10.8 Å². The maximum absolute atomic E-state index is 13.0. The zero-order chi connectivity index (χ0) is 19.7. The molecule has 2 aliphatic rings. The maximum Gasteiger partial charge on any atom is 0.253 e. The van der Waals surface area contributed by atoms with Crippen LogP contribution in [0, 0.1) is 11.8 Å². The maximum atomic E-state index is 13.0. The number of aromatic nitrogens is 2. The Bertz CT molecular complexity index is 862. The van der Waals surface area contributed by atoms with Crippen molar-refractivity contribution in [2.24, 2.45) is 11.8 Å². The van der Waals surface area contributed by atoms with Gasteiger partial charge in [-0.3, -0.25) is 4.79 Å². The molecule has 2 aromatic heterocycles. The summed E-state index contributed by atoms with van der Waals surface area (Å²) in [4.78, 5) is 17.5. The van der Waals surface area contributed by atoms with Gasteiger partial charge in [-0.15, -0.1) is 0 Å². The lowest BCUT2D eigenvalue weighted by Crippen LogP contribution is -2.45. The van der Waals surface area contributed by atoms with Gasteiger partial charge in [0.15, 0.2) is 0 Å². The van der Waals surface area contributed by atoms with Crippen LogP contribution >= 0.6 is 11.6 Å². The van der Waals surface area contributed by atoms with Crippen LogP contribution in [0.4, 0.5) is 0 Å². The van der Waals surface area contributed by atoms with Crippen molar-refractivity contribution in [1.82, 2.24) is 14.9 Å². The van der Waals surface area contributed by atoms with Gasteiger partial charge >= 0.3 is 0 Å². The largest absolute Gasteiger partial charge is 0.388 e. The van der Waals surface area contributed by atoms with Gasteiger partial charge < -0.3 is 19.7 Å². The van der Waals surface area contributed by atoms with Gasteiger partial charge in [0, 0.05) is 38.0 Å². The van der Waals surface area contributed by atoms with Gasteiger partial charge in [-0.2, -0.15) is 0 Å². The summed E-state index contributed by atoms with van der Waals surface area (Å²) in [6.45, 7) is 4.67. The van der Waals surface area contributed by atoms with E-state index in [1.54, 1.807) is 12.3 Å². The molecular weight excluding hydrogens is 378 g/mol. The average Bonchev–Trinajstić information content (AvgIpc) is 3.29.